The van der Waals surface area contributed by atoms with Gasteiger partial charge in [0.15, 0.2) is 0 Å². The maximum atomic E-state index is 11.9. The van der Waals surface area contributed by atoms with E-state index in [9.17, 15) is 4.79 Å². The van der Waals surface area contributed by atoms with Crippen LogP contribution in [-0.4, -0.2) is 15.2 Å². The minimum Gasteiger partial charge on any atom is -0.317 e. The van der Waals surface area contributed by atoms with Crippen molar-refractivity contribution in [3.05, 3.63) is 30.1 Å². The number of amides is 1. The van der Waals surface area contributed by atoms with Crippen molar-refractivity contribution in [1.82, 2.24) is 9.32 Å². The van der Waals surface area contributed by atoms with Crippen LogP contribution >= 0.6 is 9.39 Å². The first kappa shape index (κ1) is 21.5. The number of nitrogens with one attached hydrogen (secondary N) is 1. The van der Waals surface area contributed by atoms with Gasteiger partial charge in [-0.25, -0.2) is 4.98 Å². The van der Waals surface area contributed by atoms with Gasteiger partial charge in [-0.1, -0.05) is 5.11 Å². The second-order valence-electron chi connectivity index (χ2n) is 4.21. The first-order valence-electron chi connectivity index (χ1n) is 7.06. The smallest absolute Gasteiger partial charge is 0.298 e. The van der Waals surface area contributed by atoms with Gasteiger partial charge >= 0.3 is 0 Å². The number of hydrogen-bond donors (Lipinski definition) is 1. The third-order valence-corrected chi connectivity index (χ3v) is 2.96. The molecule has 1 atom stereocenters. The highest BCUT2D eigenvalue weighted by molar-refractivity contribution is 7.14. The minimum absolute atomic E-state index is 0.227. The Morgan fingerprint density at radius 3 is 1.87 bits per heavy atom. The van der Waals surface area contributed by atoms with Gasteiger partial charge in [0.1, 0.15) is 5.65 Å². The summed E-state index contributed by atoms with van der Waals surface area (Å²) in [5.41, 5.74) is 7.16. The zero-order chi connectivity index (χ0) is 21.4. The van der Waals surface area contributed by atoms with Crippen molar-refractivity contribution < 1.29 is 4.79 Å². The van der Waals surface area contributed by atoms with E-state index in [0.717, 1.165) is 5.39 Å². The Morgan fingerprint density at radius 2 is 1.33 bits per heavy atom. The Bertz CT molecular complexity index is 1100. The molecule has 0 aliphatic rings. The van der Waals surface area contributed by atoms with Crippen molar-refractivity contribution in [2.45, 2.75) is 0 Å². The third-order valence-electron chi connectivity index (χ3n) is 2.54. The highest BCUT2D eigenvalue weighted by Crippen LogP contribution is 2.17. The van der Waals surface area contributed by atoms with Crippen molar-refractivity contribution in [2.24, 2.45) is 88.7 Å². The lowest BCUT2D eigenvalue weighted by Gasteiger charge is -1.96. The van der Waals surface area contributed by atoms with E-state index in [-0.39, 0.29) is 5.56 Å². The zero-order valence-electron chi connectivity index (χ0n) is 14.3. The number of pyridine rings is 1. The number of hydrogen-bond acceptors (Lipinski definition) is 3. The standard InChI is InChI=1S/C8H7N20OP/c9-12-14-16-18-20-22-24-26-27-25-23-21-19-17-15-13-11-8(29)6-3-5-1-2-28(30)7(5)10-4-6/h1-4,9H,30H2. The van der Waals surface area contributed by atoms with E-state index in [1.807, 2.05) is 0 Å². The summed E-state index contributed by atoms with van der Waals surface area (Å²) in [4.78, 5) is 16.0. The van der Waals surface area contributed by atoms with Crippen LogP contribution in [-0.2, 0) is 0 Å². The van der Waals surface area contributed by atoms with Gasteiger partial charge in [0, 0.05) is 17.8 Å². The fraction of sp³-hybridized carbons (Fsp3) is 0. The van der Waals surface area contributed by atoms with E-state index < -0.39 is 5.91 Å². The first-order chi connectivity index (χ1) is 14.7. The molecule has 0 aliphatic heterocycles. The van der Waals surface area contributed by atoms with Crippen molar-refractivity contribution in [1.29, 1.82) is 5.53 Å². The van der Waals surface area contributed by atoms with E-state index in [0.29, 0.717) is 5.65 Å². The highest BCUT2D eigenvalue weighted by Gasteiger charge is 2.07. The summed E-state index contributed by atoms with van der Waals surface area (Å²) in [5.74, 6) is -0.667. The molecule has 150 valence electrons. The molecule has 0 aromatic carbocycles. The monoisotopic (exact) mass is 430 g/mol. The molecule has 21 nitrogen and oxygen atoms in total. The molecule has 0 aliphatic carbocycles. The summed E-state index contributed by atoms with van der Waals surface area (Å²) < 4.78 is 1.73. The predicted octanol–water partition coefficient (Wildman–Crippen LogP) is 4.78. The lowest BCUT2D eigenvalue weighted by Crippen LogP contribution is -1.95. The molecule has 2 rings (SSSR count). The van der Waals surface area contributed by atoms with E-state index in [1.54, 1.807) is 22.7 Å². The minimum atomic E-state index is -0.667. The van der Waals surface area contributed by atoms with Gasteiger partial charge in [0.2, 0.25) is 0 Å². The van der Waals surface area contributed by atoms with Crippen molar-refractivity contribution in [2.75, 3.05) is 0 Å². The number of nitrogens with zero attached hydrogens (tertiary/aromatic N) is 19. The Morgan fingerprint density at radius 1 is 0.833 bits per heavy atom. The summed E-state index contributed by atoms with van der Waals surface area (Å²) >= 11 is 0. The van der Waals surface area contributed by atoms with Gasteiger partial charge in [0.25, 0.3) is 5.91 Å². The van der Waals surface area contributed by atoms with Crippen molar-refractivity contribution in [3.8, 4) is 0 Å². The van der Waals surface area contributed by atoms with Crippen LogP contribution in [0.1, 0.15) is 10.4 Å². The van der Waals surface area contributed by atoms with Crippen molar-refractivity contribution in [3.63, 3.8) is 0 Å². The average molecular weight is 430 g/mol. The lowest BCUT2D eigenvalue weighted by atomic mass is 10.2. The molecule has 0 spiro atoms. The highest BCUT2D eigenvalue weighted by atomic mass is 31.0. The van der Waals surface area contributed by atoms with Gasteiger partial charge in [0.05, 0.1) is 5.56 Å². The number of fused-ring (bicyclic) bond motifs is 1. The van der Waals surface area contributed by atoms with Gasteiger partial charge in [-0.2, -0.15) is 5.53 Å². The molecule has 1 amide bonds. The SMILES string of the molecule is N=NN=NN=NN=NN=NN=NN=NN=NN=NC(=O)c1cnc2c(ccn2P)c1. The molecule has 0 saturated heterocycles. The van der Waals surface area contributed by atoms with Gasteiger partial charge in [-0.15, -0.1) is 0 Å². The molecule has 1 unspecified atom stereocenters. The molecule has 0 fully saturated rings. The normalized spacial score (nSPS) is 13.4. The van der Waals surface area contributed by atoms with Crippen LogP contribution in [0.25, 0.3) is 11.0 Å². The van der Waals surface area contributed by atoms with E-state index in [2.05, 4.69) is 103 Å². The lowest BCUT2D eigenvalue weighted by molar-refractivity contribution is 0.0993. The second-order valence-corrected chi connectivity index (χ2v) is 4.76. The van der Waals surface area contributed by atoms with Crippen LogP contribution in [0.3, 0.4) is 0 Å². The van der Waals surface area contributed by atoms with Crippen LogP contribution in [0.2, 0.25) is 0 Å². The van der Waals surface area contributed by atoms with Crippen LogP contribution in [0.15, 0.2) is 113 Å². The summed E-state index contributed by atoms with van der Waals surface area (Å²) in [5, 5.41) is 51.8. The molecular formula is C8H7N20OP. The molecule has 1 N–H and O–H groups in total. The van der Waals surface area contributed by atoms with E-state index in [1.165, 1.54) is 6.20 Å². The van der Waals surface area contributed by atoms with Crippen LogP contribution in [0, 0.1) is 5.53 Å². The quantitative estimate of drug-likeness (QED) is 0.334. The van der Waals surface area contributed by atoms with E-state index in [4.69, 9.17) is 5.53 Å². The van der Waals surface area contributed by atoms with Crippen LogP contribution in [0.5, 0.6) is 0 Å². The molecule has 0 bridgehead atoms. The number of carbonyl (C=O) groups is 1. The largest absolute Gasteiger partial charge is 0.317 e. The summed E-state index contributed by atoms with van der Waals surface area (Å²) in [6.07, 6.45) is 3.14. The Hall–Kier alpha value is -4.81. The van der Waals surface area contributed by atoms with Gasteiger partial charge in [-0.3, -0.25) is 4.79 Å². The van der Waals surface area contributed by atoms with Crippen LogP contribution < -0.4 is 0 Å². The second kappa shape index (κ2) is 12.6. The third kappa shape index (κ3) is 7.43. The summed E-state index contributed by atoms with van der Waals surface area (Å²) in [6, 6.07) is 3.40. The molecule has 0 radical (unpaired) electrons. The summed E-state index contributed by atoms with van der Waals surface area (Å²) in [7, 11) is 2.47. The Kier molecular flexibility index (Phi) is 8.99. The van der Waals surface area contributed by atoms with Crippen molar-refractivity contribution >= 4 is 26.3 Å². The number of rotatable bonds is 9. The molecule has 22 heteroatoms. The Labute approximate surface area is 165 Å². The van der Waals surface area contributed by atoms with Crippen LogP contribution in [0.4, 0.5) is 0 Å². The number of aromatic nitrogens is 2. The Balaban J connectivity index is 1.73. The molecule has 30 heavy (non-hydrogen) atoms. The molecule has 2 aromatic rings. The molecule has 2 heterocycles. The maximum Gasteiger partial charge on any atom is 0.298 e. The predicted molar refractivity (Wildman–Crippen MR) is 93.2 cm³/mol. The fourth-order valence-corrected chi connectivity index (χ4v) is 1.83. The van der Waals surface area contributed by atoms with Gasteiger partial charge in [-0.05, 0) is 105 Å². The number of carbonyl (C=O) groups excluding carboxylic acids is 1. The topological polar surface area (TPSA) is 269 Å². The maximum absolute atomic E-state index is 11.9. The van der Waals surface area contributed by atoms with Gasteiger partial charge < -0.3 is 4.34 Å². The first-order valence-corrected chi connectivity index (χ1v) is 7.58. The van der Waals surface area contributed by atoms with E-state index >= 15 is 0 Å². The summed E-state index contributed by atoms with van der Waals surface area (Å²) in [6.45, 7) is 0. The molecular weight excluding hydrogens is 423 g/mol. The zero-order valence-corrected chi connectivity index (χ0v) is 15.4. The molecule has 2 aromatic heterocycles. The fourth-order valence-electron chi connectivity index (χ4n) is 1.53. The molecule has 0 saturated carbocycles. The average Bonchev–Trinajstić information content (AvgIpc) is 3.13.